The van der Waals surface area contributed by atoms with Crippen molar-refractivity contribution in [1.82, 2.24) is 19.5 Å². The van der Waals surface area contributed by atoms with Gasteiger partial charge in [0, 0.05) is 12.5 Å². The molecule has 1 fully saturated rings. The minimum atomic E-state index is 0.433. The van der Waals surface area contributed by atoms with Crippen LogP contribution >= 0.6 is 11.5 Å². The van der Waals surface area contributed by atoms with Gasteiger partial charge in [-0.1, -0.05) is 16.6 Å². The molecule has 3 aromatic rings. The van der Waals surface area contributed by atoms with E-state index in [1.807, 2.05) is 18.3 Å². The van der Waals surface area contributed by atoms with Gasteiger partial charge in [-0.05, 0) is 56.0 Å². The molecule has 3 heterocycles. The van der Waals surface area contributed by atoms with Crippen LogP contribution in [-0.2, 0) is 6.54 Å². The van der Waals surface area contributed by atoms with E-state index in [1.54, 1.807) is 0 Å². The summed E-state index contributed by atoms with van der Waals surface area (Å²) in [5.74, 6) is 1.34. The summed E-state index contributed by atoms with van der Waals surface area (Å²) in [5, 5.41) is 3.90. The number of likely N-dealkylation sites (tertiary alicyclic amines) is 1. The Morgan fingerprint density at radius 3 is 2.91 bits per heavy atom. The maximum atomic E-state index is 6.03. The molecule has 2 aromatic heterocycles. The maximum absolute atomic E-state index is 6.03. The molecule has 1 aliphatic heterocycles. The third kappa shape index (κ3) is 2.64. The first kappa shape index (κ1) is 13.8. The van der Waals surface area contributed by atoms with Gasteiger partial charge in [-0.15, -0.1) is 5.10 Å². The van der Waals surface area contributed by atoms with Crippen molar-refractivity contribution in [3.05, 3.63) is 40.7 Å². The highest BCUT2D eigenvalue weighted by molar-refractivity contribution is 7.05. The highest BCUT2D eigenvalue weighted by Crippen LogP contribution is 2.31. The maximum Gasteiger partial charge on any atom is 0.198 e. The number of oxazole rings is 1. The molecule has 4 rings (SSSR count). The second-order valence-corrected chi connectivity index (χ2v) is 6.78. The summed E-state index contributed by atoms with van der Waals surface area (Å²) in [6.07, 6.45) is 4.05. The zero-order chi connectivity index (χ0) is 14.9. The van der Waals surface area contributed by atoms with Gasteiger partial charge in [0.05, 0.1) is 11.1 Å². The summed E-state index contributed by atoms with van der Waals surface area (Å²) in [5.41, 5.74) is 3.08. The molecule has 114 valence electrons. The molecule has 1 aromatic carbocycles. The summed E-state index contributed by atoms with van der Waals surface area (Å²) >= 11 is 1.48. The molecule has 6 heteroatoms. The molecule has 0 bridgehead atoms. The van der Waals surface area contributed by atoms with E-state index in [0.717, 1.165) is 55.0 Å². The van der Waals surface area contributed by atoms with Crippen LogP contribution in [-0.4, -0.2) is 32.6 Å². The number of para-hydroxylation sites is 1. The molecule has 0 saturated carbocycles. The summed E-state index contributed by atoms with van der Waals surface area (Å²) in [4.78, 5) is 8.39. The van der Waals surface area contributed by atoms with E-state index >= 15 is 0 Å². The average molecular weight is 314 g/mol. The number of aromatic nitrogens is 3. The van der Waals surface area contributed by atoms with E-state index in [1.165, 1.54) is 16.4 Å². The Morgan fingerprint density at radius 2 is 2.18 bits per heavy atom. The first-order valence-electron chi connectivity index (χ1n) is 7.64. The van der Waals surface area contributed by atoms with Crippen molar-refractivity contribution >= 4 is 22.6 Å². The molecule has 1 aliphatic rings. The van der Waals surface area contributed by atoms with E-state index in [4.69, 9.17) is 9.40 Å². The normalized spacial score (nSPS) is 17.3. The lowest BCUT2D eigenvalue weighted by Crippen LogP contribution is -2.32. The SMILES string of the molecule is Cc1cccc2nc(C3CCN(Cc4cnns4)CC3)oc12. The smallest absolute Gasteiger partial charge is 0.198 e. The topological polar surface area (TPSA) is 55.1 Å². The number of hydrogen-bond donors (Lipinski definition) is 0. The van der Waals surface area contributed by atoms with Crippen LogP contribution in [0.5, 0.6) is 0 Å². The third-order valence-electron chi connectivity index (χ3n) is 4.35. The summed E-state index contributed by atoms with van der Waals surface area (Å²) in [6.45, 7) is 5.17. The second-order valence-electron chi connectivity index (χ2n) is 5.91. The van der Waals surface area contributed by atoms with Gasteiger partial charge in [0.25, 0.3) is 0 Å². The van der Waals surface area contributed by atoms with Gasteiger partial charge in [-0.25, -0.2) is 4.98 Å². The molecule has 0 radical (unpaired) electrons. The minimum absolute atomic E-state index is 0.433. The average Bonchev–Trinajstić information content (AvgIpc) is 3.18. The standard InChI is InChI=1S/C16H18N4OS/c1-11-3-2-4-14-15(11)21-16(18-14)12-5-7-20(8-6-12)10-13-9-17-19-22-13/h2-4,9,12H,5-8,10H2,1H3. The van der Waals surface area contributed by atoms with Gasteiger partial charge in [0.2, 0.25) is 0 Å². The number of hydrogen-bond acceptors (Lipinski definition) is 6. The number of fused-ring (bicyclic) bond motifs is 1. The van der Waals surface area contributed by atoms with Crippen LogP contribution in [0.25, 0.3) is 11.1 Å². The number of benzene rings is 1. The Labute approximate surface area is 133 Å². The zero-order valence-electron chi connectivity index (χ0n) is 12.5. The van der Waals surface area contributed by atoms with Crippen molar-refractivity contribution in [3.8, 4) is 0 Å². The van der Waals surface area contributed by atoms with Gasteiger partial charge in [-0.2, -0.15) is 0 Å². The van der Waals surface area contributed by atoms with Gasteiger partial charge >= 0.3 is 0 Å². The van der Waals surface area contributed by atoms with Crippen LogP contribution in [0, 0.1) is 6.92 Å². The fourth-order valence-electron chi connectivity index (χ4n) is 3.09. The molecule has 0 aliphatic carbocycles. The fourth-order valence-corrected chi connectivity index (χ4v) is 3.63. The van der Waals surface area contributed by atoms with Gasteiger partial charge in [0.15, 0.2) is 11.5 Å². The van der Waals surface area contributed by atoms with Crippen LogP contribution in [0.15, 0.2) is 28.8 Å². The molecule has 0 amide bonds. The quantitative estimate of drug-likeness (QED) is 0.742. The molecular weight excluding hydrogens is 296 g/mol. The van der Waals surface area contributed by atoms with E-state index in [9.17, 15) is 0 Å². The van der Waals surface area contributed by atoms with Crippen LogP contribution in [0.2, 0.25) is 0 Å². The first-order chi connectivity index (χ1) is 10.8. The van der Waals surface area contributed by atoms with Crippen molar-refractivity contribution < 1.29 is 4.42 Å². The van der Waals surface area contributed by atoms with E-state index in [0.29, 0.717) is 5.92 Å². The Kier molecular flexibility index (Phi) is 3.63. The first-order valence-corrected chi connectivity index (χ1v) is 8.41. The molecule has 0 N–H and O–H groups in total. The van der Waals surface area contributed by atoms with Crippen LogP contribution in [0.1, 0.15) is 35.1 Å². The molecule has 22 heavy (non-hydrogen) atoms. The number of piperidine rings is 1. The monoisotopic (exact) mass is 314 g/mol. The predicted molar refractivity (Wildman–Crippen MR) is 85.9 cm³/mol. The molecule has 1 saturated heterocycles. The number of rotatable bonds is 3. The predicted octanol–water partition coefficient (Wildman–Crippen LogP) is 3.37. The van der Waals surface area contributed by atoms with Gasteiger partial charge in [-0.3, -0.25) is 4.90 Å². The van der Waals surface area contributed by atoms with Crippen molar-refractivity contribution in [2.45, 2.75) is 32.2 Å². The fraction of sp³-hybridized carbons (Fsp3) is 0.438. The molecule has 0 atom stereocenters. The number of aryl methyl sites for hydroxylation is 1. The van der Waals surface area contributed by atoms with Gasteiger partial charge < -0.3 is 4.42 Å². The lowest BCUT2D eigenvalue weighted by molar-refractivity contribution is 0.195. The van der Waals surface area contributed by atoms with Crippen molar-refractivity contribution in [2.75, 3.05) is 13.1 Å². The summed E-state index contributed by atoms with van der Waals surface area (Å²) in [7, 11) is 0. The van der Waals surface area contributed by atoms with Crippen molar-refractivity contribution in [1.29, 1.82) is 0 Å². The minimum Gasteiger partial charge on any atom is -0.440 e. The summed E-state index contributed by atoms with van der Waals surface area (Å²) in [6, 6.07) is 6.14. The second kappa shape index (κ2) is 5.78. The Bertz CT molecular complexity index is 760. The van der Waals surface area contributed by atoms with Crippen LogP contribution in [0.4, 0.5) is 0 Å². The number of nitrogens with zero attached hydrogens (tertiary/aromatic N) is 4. The largest absolute Gasteiger partial charge is 0.440 e. The van der Waals surface area contributed by atoms with E-state index in [2.05, 4.69) is 27.5 Å². The molecule has 0 spiro atoms. The zero-order valence-corrected chi connectivity index (χ0v) is 13.3. The van der Waals surface area contributed by atoms with Gasteiger partial charge in [0.1, 0.15) is 5.52 Å². The van der Waals surface area contributed by atoms with Crippen molar-refractivity contribution in [3.63, 3.8) is 0 Å². The van der Waals surface area contributed by atoms with E-state index < -0.39 is 0 Å². The Hall–Kier alpha value is -1.79. The highest BCUT2D eigenvalue weighted by atomic mass is 32.1. The third-order valence-corrected chi connectivity index (χ3v) is 5.00. The van der Waals surface area contributed by atoms with Crippen LogP contribution < -0.4 is 0 Å². The molecule has 5 nitrogen and oxygen atoms in total. The molecular formula is C16H18N4OS. The lowest BCUT2D eigenvalue weighted by atomic mass is 9.97. The Morgan fingerprint density at radius 1 is 1.32 bits per heavy atom. The lowest BCUT2D eigenvalue weighted by Gasteiger charge is -2.29. The summed E-state index contributed by atoms with van der Waals surface area (Å²) < 4.78 is 9.95. The van der Waals surface area contributed by atoms with Crippen molar-refractivity contribution in [2.24, 2.45) is 0 Å². The highest BCUT2D eigenvalue weighted by Gasteiger charge is 2.25. The van der Waals surface area contributed by atoms with Crippen LogP contribution in [0.3, 0.4) is 0 Å². The van der Waals surface area contributed by atoms with E-state index in [-0.39, 0.29) is 0 Å². The molecule has 0 unspecified atom stereocenters. The Balaban J connectivity index is 1.45.